The fraction of sp³-hybridized carbons (Fsp3) is 0.833. The fourth-order valence-electron chi connectivity index (χ4n) is 9.43. The number of aliphatic carboxylic acids is 1. The van der Waals surface area contributed by atoms with Gasteiger partial charge in [-0.3, -0.25) is 4.79 Å². The molecule has 0 saturated heterocycles. The molecule has 0 radical (unpaired) electrons. The number of carboxylic acid groups (broad SMARTS) is 1. The van der Waals surface area contributed by atoms with Gasteiger partial charge in [0.25, 0.3) is 0 Å². The number of carbonyl (C=O) groups is 1. The minimum Gasteiger partial charge on any atom is -0.481 e. The minimum atomic E-state index is -0.595. The maximum absolute atomic E-state index is 12.4. The van der Waals surface area contributed by atoms with E-state index in [1.807, 2.05) is 0 Å². The zero-order valence-electron chi connectivity index (χ0n) is 22.2. The van der Waals surface area contributed by atoms with Gasteiger partial charge >= 0.3 is 5.97 Å². The molecule has 3 nitrogen and oxygen atoms in total. The topological polar surface area (TPSA) is 57.5 Å². The summed E-state index contributed by atoms with van der Waals surface area (Å²) in [7, 11) is 0. The Bertz CT molecular complexity index is 849. The van der Waals surface area contributed by atoms with Gasteiger partial charge in [-0.1, -0.05) is 57.9 Å². The first-order chi connectivity index (χ1) is 15.3. The second-order valence-electron chi connectivity index (χ2n) is 13.6. The Hall–Kier alpha value is -1.09. The number of hydrogen-bond donors (Lipinski definition) is 2. The Morgan fingerprint density at radius 2 is 1.79 bits per heavy atom. The van der Waals surface area contributed by atoms with Crippen LogP contribution in [0.5, 0.6) is 0 Å². The van der Waals surface area contributed by atoms with Gasteiger partial charge < -0.3 is 10.2 Å². The molecule has 3 saturated carbocycles. The average Bonchev–Trinajstić information content (AvgIpc) is 3.00. The van der Waals surface area contributed by atoms with Crippen molar-refractivity contribution in [3.63, 3.8) is 0 Å². The lowest BCUT2D eigenvalue weighted by Crippen LogP contribution is -2.58. The molecular weight excluding hydrogens is 408 g/mol. The van der Waals surface area contributed by atoms with Crippen LogP contribution < -0.4 is 0 Å². The summed E-state index contributed by atoms with van der Waals surface area (Å²) in [5.41, 5.74) is 3.27. The Labute approximate surface area is 202 Å². The number of rotatable bonds is 5. The van der Waals surface area contributed by atoms with E-state index >= 15 is 0 Å². The molecule has 0 amide bonds. The van der Waals surface area contributed by atoms with E-state index in [0.29, 0.717) is 11.8 Å². The highest BCUT2D eigenvalue weighted by atomic mass is 16.4. The molecule has 3 heteroatoms. The maximum atomic E-state index is 12.4. The van der Waals surface area contributed by atoms with E-state index in [1.54, 1.807) is 5.57 Å². The Morgan fingerprint density at radius 3 is 2.42 bits per heavy atom. The lowest BCUT2D eigenvalue weighted by Gasteiger charge is -2.64. The third-order valence-corrected chi connectivity index (χ3v) is 11.7. The van der Waals surface area contributed by atoms with Crippen molar-refractivity contribution in [3.8, 4) is 0 Å². The van der Waals surface area contributed by atoms with Gasteiger partial charge in [-0.25, -0.2) is 0 Å². The van der Waals surface area contributed by atoms with Gasteiger partial charge in [0.05, 0.1) is 12.0 Å². The smallest absolute Gasteiger partial charge is 0.306 e. The molecule has 33 heavy (non-hydrogen) atoms. The van der Waals surface area contributed by atoms with Crippen molar-refractivity contribution >= 4 is 5.97 Å². The van der Waals surface area contributed by atoms with Crippen LogP contribution in [0.2, 0.25) is 0 Å². The predicted octanol–water partition coefficient (Wildman–Crippen LogP) is 7.40. The molecular formula is C30H48O3. The lowest BCUT2D eigenvalue weighted by atomic mass is 9.41. The van der Waals surface area contributed by atoms with Gasteiger partial charge in [0, 0.05) is 0 Å². The summed E-state index contributed by atoms with van der Waals surface area (Å²) in [6.07, 6.45) is 13.7. The second kappa shape index (κ2) is 8.25. The first-order valence-corrected chi connectivity index (χ1v) is 13.5. The van der Waals surface area contributed by atoms with Gasteiger partial charge in [-0.05, 0) is 111 Å². The van der Waals surface area contributed by atoms with Gasteiger partial charge in [0.2, 0.25) is 0 Å². The van der Waals surface area contributed by atoms with E-state index in [0.717, 1.165) is 51.4 Å². The molecule has 2 N–H and O–H groups in total. The highest BCUT2D eigenvalue weighted by Gasteiger charge is 2.65. The number of hydrogen-bond acceptors (Lipinski definition) is 2. The molecule has 0 aliphatic heterocycles. The van der Waals surface area contributed by atoms with Gasteiger partial charge in [0.1, 0.15) is 0 Å². The number of carboxylic acids is 1. The van der Waals surface area contributed by atoms with Crippen molar-refractivity contribution in [1.82, 2.24) is 0 Å². The Kier molecular flexibility index (Phi) is 6.25. The summed E-state index contributed by atoms with van der Waals surface area (Å²) < 4.78 is 0. The first-order valence-electron chi connectivity index (χ1n) is 13.5. The van der Waals surface area contributed by atoms with Crippen LogP contribution in [0.3, 0.4) is 0 Å². The summed E-state index contributed by atoms with van der Waals surface area (Å²) in [5, 5.41) is 21.0. The number of aliphatic hydroxyl groups excluding tert-OH is 1. The standard InChI is InChI=1S/C30H48O3/c1-19(2)9-8-10-20(26(32)33)21-13-17-30(7)23-11-12-24-27(3,4)25(31)15-16-28(24,5)22(23)14-18-29(21,30)6/h9,11,20-22,24-25,31H,8,10,12-18H2,1-7H3,(H,32,33)/t20-,21-,22+,24+,25+,28+,29-,30+/m0/s1. The zero-order chi connectivity index (χ0) is 24.4. The van der Waals surface area contributed by atoms with Gasteiger partial charge in [-0.2, -0.15) is 0 Å². The van der Waals surface area contributed by atoms with E-state index in [-0.39, 0.29) is 39.6 Å². The van der Waals surface area contributed by atoms with Crippen molar-refractivity contribution in [2.24, 2.45) is 45.3 Å². The molecule has 4 rings (SSSR count). The summed E-state index contributed by atoms with van der Waals surface area (Å²) in [6, 6.07) is 0. The van der Waals surface area contributed by atoms with Crippen molar-refractivity contribution in [1.29, 1.82) is 0 Å². The molecule has 0 spiro atoms. The SMILES string of the molecule is CC(C)=CCC[C@H](C(=O)O)[C@@H]1CC[C@]2(C)C3=CC[C@@H]4C(C)(C)[C@H](O)CC[C@]4(C)[C@@H]3CC[C@@]12C. The van der Waals surface area contributed by atoms with Crippen molar-refractivity contribution < 1.29 is 15.0 Å². The third-order valence-electron chi connectivity index (χ3n) is 11.7. The largest absolute Gasteiger partial charge is 0.481 e. The van der Waals surface area contributed by atoms with Crippen LogP contribution in [0.15, 0.2) is 23.3 Å². The molecule has 8 atom stereocenters. The molecule has 0 unspecified atom stereocenters. The van der Waals surface area contributed by atoms with Gasteiger partial charge in [-0.15, -0.1) is 0 Å². The summed E-state index contributed by atoms with van der Waals surface area (Å²) in [4.78, 5) is 12.4. The molecule has 0 bridgehead atoms. The van der Waals surface area contributed by atoms with Crippen LogP contribution in [0.25, 0.3) is 0 Å². The highest BCUT2D eigenvalue weighted by molar-refractivity contribution is 5.70. The van der Waals surface area contributed by atoms with E-state index in [4.69, 9.17) is 0 Å². The van der Waals surface area contributed by atoms with E-state index < -0.39 is 5.97 Å². The van der Waals surface area contributed by atoms with Crippen molar-refractivity contribution in [2.75, 3.05) is 0 Å². The highest BCUT2D eigenvalue weighted by Crippen LogP contribution is 2.73. The van der Waals surface area contributed by atoms with Gasteiger partial charge in [0.15, 0.2) is 0 Å². The summed E-state index contributed by atoms with van der Waals surface area (Å²) in [5.74, 6) is 0.502. The van der Waals surface area contributed by atoms with Crippen LogP contribution in [-0.4, -0.2) is 22.3 Å². The van der Waals surface area contributed by atoms with Crippen LogP contribution in [0.4, 0.5) is 0 Å². The maximum Gasteiger partial charge on any atom is 0.306 e. The van der Waals surface area contributed by atoms with Crippen LogP contribution in [0, 0.1) is 45.3 Å². The summed E-state index contributed by atoms with van der Waals surface area (Å²) in [6.45, 7) is 16.2. The Morgan fingerprint density at radius 1 is 1.09 bits per heavy atom. The lowest BCUT2D eigenvalue weighted by molar-refractivity contribution is -0.149. The summed E-state index contributed by atoms with van der Waals surface area (Å²) >= 11 is 0. The van der Waals surface area contributed by atoms with E-state index in [9.17, 15) is 15.0 Å². The number of allylic oxidation sites excluding steroid dienone is 4. The van der Waals surface area contributed by atoms with E-state index in [2.05, 4.69) is 60.6 Å². The Balaban J connectivity index is 1.67. The van der Waals surface area contributed by atoms with Crippen LogP contribution in [-0.2, 0) is 4.79 Å². The molecule has 0 heterocycles. The molecule has 4 aliphatic rings. The zero-order valence-corrected chi connectivity index (χ0v) is 22.2. The van der Waals surface area contributed by atoms with Crippen molar-refractivity contribution in [2.45, 2.75) is 112 Å². The van der Waals surface area contributed by atoms with E-state index in [1.165, 1.54) is 12.0 Å². The second-order valence-corrected chi connectivity index (χ2v) is 13.6. The molecule has 0 aromatic carbocycles. The number of fused-ring (bicyclic) bond motifs is 5. The quantitative estimate of drug-likeness (QED) is 0.424. The number of aliphatic hydroxyl groups is 1. The van der Waals surface area contributed by atoms with Crippen molar-refractivity contribution in [3.05, 3.63) is 23.3 Å². The molecule has 4 aliphatic carbocycles. The minimum absolute atomic E-state index is 0.0474. The molecule has 0 aromatic rings. The monoisotopic (exact) mass is 456 g/mol. The van der Waals surface area contributed by atoms with Crippen LogP contribution >= 0.6 is 0 Å². The molecule has 186 valence electrons. The molecule has 3 fully saturated rings. The molecule has 0 aromatic heterocycles. The predicted molar refractivity (Wildman–Crippen MR) is 135 cm³/mol. The first kappa shape index (κ1) is 25.0. The normalized spacial score (nSPS) is 44.7. The fourth-order valence-corrected chi connectivity index (χ4v) is 9.43. The van der Waals surface area contributed by atoms with Crippen LogP contribution in [0.1, 0.15) is 106 Å². The third kappa shape index (κ3) is 3.58. The average molecular weight is 457 g/mol.